The van der Waals surface area contributed by atoms with Gasteiger partial charge >= 0.3 is 0 Å². The number of carbonyl (C=O) groups excluding carboxylic acids is 1. The molecule has 2 N–H and O–H groups in total. The molecule has 132 valence electrons. The third-order valence-electron chi connectivity index (χ3n) is 4.25. The molecule has 0 unspecified atom stereocenters. The van der Waals surface area contributed by atoms with Crippen molar-refractivity contribution in [2.45, 2.75) is 32.3 Å². The first-order valence-electron chi connectivity index (χ1n) is 7.98. The van der Waals surface area contributed by atoms with Crippen molar-refractivity contribution in [3.05, 3.63) is 65.3 Å². The highest BCUT2D eigenvalue weighted by molar-refractivity contribution is 5.76. The van der Waals surface area contributed by atoms with E-state index in [1.54, 1.807) is 18.2 Å². The lowest BCUT2D eigenvalue weighted by Gasteiger charge is -2.25. The first-order chi connectivity index (χ1) is 12.0. The molecule has 3 rings (SSSR count). The summed E-state index contributed by atoms with van der Waals surface area (Å²) in [5, 5.41) is 17.7. The second-order valence-corrected chi connectivity index (χ2v) is 5.93. The molecule has 0 radical (unpaired) electrons. The zero-order valence-corrected chi connectivity index (χ0v) is 14.1. The van der Waals surface area contributed by atoms with Gasteiger partial charge in [0.2, 0.25) is 5.91 Å². The van der Waals surface area contributed by atoms with Crippen molar-refractivity contribution in [2.24, 2.45) is 0 Å². The summed E-state index contributed by atoms with van der Waals surface area (Å²) in [6.45, 7) is 3.64. The van der Waals surface area contributed by atoms with Crippen LogP contribution in [0.5, 0.6) is 0 Å². The molecule has 0 saturated heterocycles. The lowest BCUT2D eigenvalue weighted by atomic mass is 9.93. The number of aromatic nitrogens is 1. The molecule has 0 aromatic carbocycles. The number of aliphatic hydroxyl groups is 1. The highest BCUT2D eigenvalue weighted by Crippen LogP contribution is 2.29. The minimum absolute atomic E-state index is 0.0273. The van der Waals surface area contributed by atoms with Gasteiger partial charge in [-0.15, -0.1) is 0 Å². The molecule has 7 heteroatoms. The van der Waals surface area contributed by atoms with Crippen molar-refractivity contribution in [1.82, 2.24) is 10.5 Å². The fourth-order valence-corrected chi connectivity index (χ4v) is 2.76. The second kappa shape index (κ2) is 6.98. The van der Waals surface area contributed by atoms with Crippen LogP contribution in [0.4, 0.5) is 0 Å². The van der Waals surface area contributed by atoms with E-state index in [4.69, 9.17) is 13.4 Å². The maximum Gasteiger partial charge on any atom is 0.220 e. The van der Waals surface area contributed by atoms with Crippen LogP contribution in [0.15, 0.2) is 50.3 Å². The minimum atomic E-state index is -1.49. The van der Waals surface area contributed by atoms with Gasteiger partial charge in [0.15, 0.2) is 5.60 Å². The molecule has 0 aliphatic carbocycles. The van der Waals surface area contributed by atoms with Crippen LogP contribution >= 0.6 is 0 Å². The summed E-state index contributed by atoms with van der Waals surface area (Å²) in [4.78, 5) is 12.2. The van der Waals surface area contributed by atoms with Gasteiger partial charge in [0.1, 0.15) is 11.5 Å². The summed E-state index contributed by atoms with van der Waals surface area (Å²) in [6.07, 6.45) is 5.15. The summed E-state index contributed by atoms with van der Waals surface area (Å²) in [6, 6.07) is 4.97. The largest absolute Gasteiger partial charge is 0.472 e. The number of aryl methyl sites for hydroxylation is 2. The van der Waals surface area contributed by atoms with Gasteiger partial charge in [0.05, 0.1) is 31.0 Å². The number of hydrogen-bond donors (Lipinski definition) is 2. The molecule has 1 atom stereocenters. The Morgan fingerprint density at radius 3 is 2.76 bits per heavy atom. The van der Waals surface area contributed by atoms with E-state index in [1.807, 2.05) is 13.8 Å². The molecule has 1 amide bonds. The van der Waals surface area contributed by atoms with Gasteiger partial charge < -0.3 is 23.8 Å². The van der Waals surface area contributed by atoms with E-state index in [0.29, 0.717) is 17.7 Å². The Hall–Kier alpha value is -2.80. The quantitative estimate of drug-likeness (QED) is 0.683. The second-order valence-electron chi connectivity index (χ2n) is 5.93. The lowest BCUT2D eigenvalue weighted by Crippen LogP contribution is -2.41. The van der Waals surface area contributed by atoms with Crippen molar-refractivity contribution < 1.29 is 23.3 Å². The first-order valence-corrected chi connectivity index (χ1v) is 7.98. The average molecular weight is 344 g/mol. The summed E-state index contributed by atoms with van der Waals surface area (Å²) in [7, 11) is 0. The van der Waals surface area contributed by atoms with Crippen molar-refractivity contribution in [3.63, 3.8) is 0 Å². The van der Waals surface area contributed by atoms with E-state index in [1.165, 1.54) is 18.8 Å². The van der Waals surface area contributed by atoms with Crippen LogP contribution in [0.25, 0.3) is 0 Å². The Labute approximate surface area is 144 Å². The van der Waals surface area contributed by atoms with Gasteiger partial charge in [0, 0.05) is 17.5 Å². The predicted molar refractivity (Wildman–Crippen MR) is 87.7 cm³/mol. The standard InChI is InChI=1S/C18H20N2O5/c1-12-15(13(2)25-20-12)5-6-17(21)19-11-18(22,14-7-9-23-10-14)16-4-3-8-24-16/h3-4,7-10,22H,5-6,11H2,1-2H3,(H,19,21)/t18-/m0/s1. The number of carbonyl (C=O) groups is 1. The number of furan rings is 2. The van der Waals surface area contributed by atoms with E-state index in [2.05, 4.69) is 10.5 Å². The fraction of sp³-hybridized carbons (Fsp3) is 0.333. The monoisotopic (exact) mass is 344 g/mol. The zero-order chi connectivity index (χ0) is 17.9. The molecule has 3 aromatic heterocycles. The predicted octanol–water partition coefficient (Wildman–Crippen LogP) is 2.46. The third kappa shape index (κ3) is 3.51. The van der Waals surface area contributed by atoms with E-state index in [0.717, 1.165) is 17.0 Å². The molecule has 0 bridgehead atoms. The molecular weight excluding hydrogens is 324 g/mol. The topological polar surface area (TPSA) is 102 Å². The van der Waals surface area contributed by atoms with Crippen LogP contribution in [0.3, 0.4) is 0 Å². The van der Waals surface area contributed by atoms with E-state index >= 15 is 0 Å². The maximum absolute atomic E-state index is 12.2. The Morgan fingerprint density at radius 2 is 2.16 bits per heavy atom. The van der Waals surface area contributed by atoms with Crippen LogP contribution < -0.4 is 5.32 Å². The lowest BCUT2D eigenvalue weighted by molar-refractivity contribution is -0.122. The normalized spacial score (nSPS) is 13.6. The Balaban J connectivity index is 1.65. The van der Waals surface area contributed by atoms with E-state index < -0.39 is 5.60 Å². The van der Waals surface area contributed by atoms with Crippen molar-refractivity contribution in [3.8, 4) is 0 Å². The maximum atomic E-state index is 12.2. The van der Waals surface area contributed by atoms with Gasteiger partial charge in [-0.3, -0.25) is 4.79 Å². The molecule has 0 spiro atoms. The zero-order valence-electron chi connectivity index (χ0n) is 14.1. The summed E-state index contributed by atoms with van der Waals surface area (Å²) in [5.74, 6) is 0.865. The molecule has 0 aliphatic heterocycles. The molecular formula is C18H20N2O5. The first kappa shape index (κ1) is 17.0. The van der Waals surface area contributed by atoms with Gasteiger partial charge in [-0.2, -0.15) is 0 Å². The van der Waals surface area contributed by atoms with Gasteiger partial charge in [-0.1, -0.05) is 5.16 Å². The molecule has 25 heavy (non-hydrogen) atoms. The van der Waals surface area contributed by atoms with E-state index in [-0.39, 0.29) is 18.9 Å². The average Bonchev–Trinajstić information content (AvgIpc) is 3.35. The van der Waals surface area contributed by atoms with Crippen molar-refractivity contribution >= 4 is 5.91 Å². The number of nitrogens with zero attached hydrogens (tertiary/aromatic N) is 1. The molecule has 7 nitrogen and oxygen atoms in total. The van der Waals surface area contributed by atoms with Gasteiger partial charge in [-0.25, -0.2) is 0 Å². The summed E-state index contributed by atoms with van der Waals surface area (Å²) < 4.78 is 15.5. The molecule has 0 fully saturated rings. The van der Waals surface area contributed by atoms with Crippen molar-refractivity contribution in [2.75, 3.05) is 6.54 Å². The van der Waals surface area contributed by atoms with Crippen LogP contribution in [-0.4, -0.2) is 22.7 Å². The highest BCUT2D eigenvalue weighted by Gasteiger charge is 2.36. The van der Waals surface area contributed by atoms with Crippen LogP contribution in [0.1, 0.15) is 34.8 Å². The Morgan fingerprint density at radius 1 is 1.32 bits per heavy atom. The van der Waals surface area contributed by atoms with E-state index in [9.17, 15) is 9.90 Å². The number of rotatable bonds is 7. The Bertz CT molecular complexity index is 764. The smallest absolute Gasteiger partial charge is 0.220 e. The molecule has 3 aromatic rings. The Kier molecular flexibility index (Phi) is 4.76. The van der Waals surface area contributed by atoms with Gasteiger partial charge in [-0.05, 0) is 38.5 Å². The number of nitrogens with one attached hydrogen (secondary N) is 1. The molecule has 0 saturated carbocycles. The van der Waals surface area contributed by atoms with Crippen LogP contribution in [0.2, 0.25) is 0 Å². The third-order valence-corrected chi connectivity index (χ3v) is 4.25. The number of amides is 1. The summed E-state index contributed by atoms with van der Waals surface area (Å²) >= 11 is 0. The van der Waals surface area contributed by atoms with Crippen molar-refractivity contribution in [1.29, 1.82) is 0 Å². The van der Waals surface area contributed by atoms with Gasteiger partial charge in [0.25, 0.3) is 0 Å². The SMILES string of the molecule is Cc1noc(C)c1CCC(=O)NC[C@](O)(c1ccoc1)c1ccco1. The molecule has 3 heterocycles. The minimum Gasteiger partial charge on any atom is -0.472 e. The van der Waals surface area contributed by atoms with Crippen LogP contribution in [0, 0.1) is 13.8 Å². The molecule has 0 aliphatic rings. The van der Waals surface area contributed by atoms with Crippen LogP contribution in [-0.2, 0) is 16.8 Å². The number of hydrogen-bond acceptors (Lipinski definition) is 6. The highest BCUT2D eigenvalue weighted by atomic mass is 16.5. The fourth-order valence-electron chi connectivity index (χ4n) is 2.76. The summed E-state index contributed by atoms with van der Waals surface area (Å²) in [5.41, 5.74) is 0.741.